The zero-order chi connectivity index (χ0) is 26.7. The summed E-state index contributed by atoms with van der Waals surface area (Å²) < 4.78 is 47.5. The molecule has 0 fully saturated rings. The summed E-state index contributed by atoms with van der Waals surface area (Å²) in [5.41, 5.74) is 1.92. The van der Waals surface area contributed by atoms with Gasteiger partial charge in [-0.2, -0.15) is 4.31 Å². The Kier molecular flexibility index (Phi) is 7.22. The van der Waals surface area contributed by atoms with Gasteiger partial charge >= 0.3 is 0 Å². The standard InChI is InChI=1S/C29H26FN3O4S/c1-37-25-15-11-22(12-16-25)26-7-4-18-32(20-28(34)33(26)19-21-9-13-24(30)14-10-21)38(35,36)27-8-2-5-23-6-3-17-31-29(23)27/h2-17,26H,18-20H2,1H3/b7-4-. The summed E-state index contributed by atoms with van der Waals surface area (Å²) in [6.45, 7) is -0.165. The molecular weight excluding hydrogens is 505 g/mol. The third-order valence-corrected chi connectivity index (χ3v) is 8.38. The summed E-state index contributed by atoms with van der Waals surface area (Å²) in [6, 6.07) is 21.3. The fourth-order valence-corrected chi connectivity index (χ4v) is 6.05. The van der Waals surface area contributed by atoms with Crippen LogP contribution < -0.4 is 4.74 Å². The van der Waals surface area contributed by atoms with E-state index in [4.69, 9.17) is 4.74 Å². The number of hydrogen-bond acceptors (Lipinski definition) is 5. The van der Waals surface area contributed by atoms with Gasteiger partial charge in [-0.25, -0.2) is 12.8 Å². The minimum absolute atomic E-state index is 0.0222. The van der Waals surface area contributed by atoms with Crippen molar-refractivity contribution in [2.24, 2.45) is 0 Å². The number of para-hydroxylation sites is 1. The Hall–Kier alpha value is -4.08. The van der Waals surface area contributed by atoms with Gasteiger partial charge in [-0.3, -0.25) is 9.78 Å². The Morgan fingerprint density at radius 3 is 2.47 bits per heavy atom. The van der Waals surface area contributed by atoms with Crippen molar-refractivity contribution in [2.45, 2.75) is 17.5 Å². The zero-order valence-electron chi connectivity index (χ0n) is 20.7. The van der Waals surface area contributed by atoms with Crippen molar-refractivity contribution < 1.29 is 22.3 Å². The first-order valence-electron chi connectivity index (χ1n) is 12.1. The largest absolute Gasteiger partial charge is 0.497 e. The Labute approximate surface area is 220 Å². The summed E-state index contributed by atoms with van der Waals surface area (Å²) in [5.74, 6) is -0.0717. The van der Waals surface area contributed by atoms with Gasteiger partial charge in [0.15, 0.2) is 0 Å². The van der Waals surface area contributed by atoms with Gasteiger partial charge in [-0.15, -0.1) is 0 Å². The molecule has 0 radical (unpaired) electrons. The molecule has 1 unspecified atom stereocenters. The molecule has 7 nitrogen and oxygen atoms in total. The topological polar surface area (TPSA) is 79.8 Å². The maximum atomic E-state index is 13.8. The van der Waals surface area contributed by atoms with E-state index in [1.165, 1.54) is 18.2 Å². The second-order valence-electron chi connectivity index (χ2n) is 8.92. The molecule has 0 aliphatic carbocycles. The number of carbonyl (C=O) groups is 1. The number of rotatable bonds is 6. The number of carbonyl (C=O) groups excluding carboxylic acids is 1. The van der Waals surface area contributed by atoms with Gasteiger partial charge in [0.2, 0.25) is 15.9 Å². The molecule has 3 aromatic carbocycles. The van der Waals surface area contributed by atoms with Gasteiger partial charge in [0.25, 0.3) is 0 Å². The number of fused-ring (bicyclic) bond motifs is 1. The molecule has 9 heteroatoms. The predicted molar refractivity (Wildman–Crippen MR) is 142 cm³/mol. The second kappa shape index (κ2) is 10.7. The molecule has 2 heterocycles. The van der Waals surface area contributed by atoms with E-state index in [2.05, 4.69) is 4.98 Å². The molecule has 1 atom stereocenters. The predicted octanol–water partition coefficient (Wildman–Crippen LogP) is 4.71. The van der Waals surface area contributed by atoms with E-state index in [-0.39, 0.29) is 36.3 Å². The first-order chi connectivity index (χ1) is 18.4. The summed E-state index contributed by atoms with van der Waals surface area (Å²) in [6.07, 6.45) is 5.13. The molecule has 1 aromatic heterocycles. The van der Waals surface area contributed by atoms with Crippen molar-refractivity contribution in [3.05, 3.63) is 114 Å². The van der Waals surface area contributed by atoms with Crippen LogP contribution in [0.1, 0.15) is 17.2 Å². The van der Waals surface area contributed by atoms with Crippen LogP contribution in [0, 0.1) is 5.82 Å². The number of methoxy groups -OCH3 is 1. The third kappa shape index (κ3) is 5.16. The van der Waals surface area contributed by atoms with Crippen LogP contribution in [0.5, 0.6) is 5.75 Å². The number of pyridine rings is 1. The summed E-state index contributed by atoms with van der Waals surface area (Å²) in [5, 5.41) is 0.694. The van der Waals surface area contributed by atoms with E-state index in [1.54, 1.807) is 60.7 Å². The SMILES string of the molecule is COc1ccc(C2/C=C\CN(S(=O)(=O)c3cccc4cccnc34)CC(=O)N2Cc2ccc(F)cc2)cc1. The third-order valence-electron chi connectivity index (χ3n) is 6.53. The van der Waals surface area contributed by atoms with E-state index in [1.807, 2.05) is 30.3 Å². The summed E-state index contributed by atoms with van der Waals surface area (Å²) >= 11 is 0. The Morgan fingerprint density at radius 1 is 1.00 bits per heavy atom. The molecule has 4 aromatic rings. The molecule has 5 rings (SSSR count). The van der Waals surface area contributed by atoms with Crippen molar-refractivity contribution in [3.63, 3.8) is 0 Å². The fourth-order valence-electron chi connectivity index (χ4n) is 4.54. The maximum Gasteiger partial charge on any atom is 0.246 e. The normalized spacial score (nSPS) is 17.7. The Bertz CT molecular complexity index is 1580. The lowest BCUT2D eigenvalue weighted by Gasteiger charge is -2.34. The van der Waals surface area contributed by atoms with E-state index in [9.17, 15) is 17.6 Å². The molecular formula is C29H26FN3O4S. The lowest BCUT2D eigenvalue weighted by Crippen LogP contribution is -2.45. The quantitative estimate of drug-likeness (QED) is 0.337. The molecule has 1 aliphatic heterocycles. The highest BCUT2D eigenvalue weighted by Gasteiger charge is 2.33. The molecule has 194 valence electrons. The number of nitrogens with zero attached hydrogens (tertiary/aromatic N) is 3. The van der Waals surface area contributed by atoms with E-state index < -0.39 is 16.1 Å². The van der Waals surface area contributed by atoms with Crippen LogP contribution in [0.15, 0.2) is 102 Å². The van der Waals surface area contributed by atoms with Gasteiger partial charge in [0.1, 0.15) is 16.5 Å². The average Bonchev–Trinajstić information content (AvgIpc) is 2.93. The molecule has 0 saturated carbocycles. The summed E-state index contributed by atoms with van der Waals surface area (Å²) in [7, 11) is -2.47. The second-order valence-corrected chi connectivity index (χ2v) is 10.8. The van der Waals surface area contributed by atoms with Crippen LogP contribution in [0.3, 0.4) is 0 Å². The zero-order valence-corrected chi connectivity index (χ0v) is 21.5. The monoisotopic (exact) mass is 531 g/mol. The molecule has 38 heavy (non-hydrogen) atoms. The van der Waals surface area contributed by atoms with Gasteiger partial charge in [-0.05, 0) is 47.5 Å². The van der Waals surface area contributed by atoms with E-state index in [0.29, 0.717) is 16.7 Å². The highest BCUT2D eigenvalue weighted by molar-refractivity contribution is 7.89. The molecule has 1 aliphatic rings. The lowest BCUT2D eigenvalue weighted by molar-refractivity contribution is -0.133. The highest BCUT2D eigenvalue weighted by atomic mass is 32.2. The van der Waals surface area contributed by atoms with Gasteiger partial charge in [0.05, 0.1) is 25.2 Å². The number of aromatic nitrogens is 1. The molecule has 0 spiro atoms. The number of ether oxygens (including phenoxy) is 1. The first-order valence-corrected chi connectivity index (χ1v) is 13.5. The smallest absolute Gasteiger partial charge is 0.246 e. The van der Waals surface area contributed by atoms with Crippen molar-refractivity contribution >= 4 is 26.8 Å². The fraction of sp³-hybridized carbons (Fsp3) is 0.172. The molecule has 0 bridgehead atoms. The van der Waals surface area contributed by atoms with Crippen LogP contribution in [-0.2, 0) is 21.4 Å². The van der Waals surface area contributed by atoms with Crippen molar-refractivity contribution in [1.82, 2.24) is 14.2 Å². The average molecular weight is 532 g/mol. The van der Waals surface area contributed by atoms with Crippen molar-refractivity contribution in [1.29, 1.82) is 0 Å². The molecule has 1 amide bonds. The maximum absolute atomic E-state index is 13.8. The van der Waals surface area contributed by atoms with Gasteiger partial charge in [-0.1, -0.05) is 54.6 Å². The Morgan fingerprint density at radius 2 is 1.74 bits per heavy atom. The number of sulfonamides is 1. The number of halogens is 1. The first kappa shape index (κ1) is 25.6. The minimum Gasteiger partial charge on any atom is -0.497 e. The van der Waals surface area contributed by atoms with Gasteiger partial charge in [0, 0.05) is 24.7 Å². The van der Waals surface area contributed by atoms with Gasteiger partial charge < -0.3 is 9.64 Å². The van der Waals surface area contributed by atoms with Crippen LogP contribution in [0.4, 0.5) is 4.39 Å². The van der Waals surface area contributed by atoms with Crippen molar-refractivity contribution in [3.8, 4) is 5.75 Å². The highest BCUT2D eigenvalue weighted by Crippen LogP contribution is 2.30. The van der Waals surface area contributed by atoms with E-state index >= 15 is 0 Å². The van der Waals surface area contributed by atoms with E-state index in [0.717, 1.165) is 15.4 Å². The van der Waals surface area contributed by atoms with Crippen LogP contribution in [0.2, 0.25) is 0 Å². The van der Waals surface area contributed by atoms with Crippen LogP contribution in [-0.4, -0.2) is 48.7 Å². The lowest BCUT2D eigenvalue weighted by atomic mass is 10.0. The number of amides is 1. The number of hydrogen-bond donors (Lipinski definition) is 0. The summed E-state index contributed by atoms with van der Waals surface area (Å²) in [4.78, 5) is 19.7. The van der Waals surface area contributed by atoms with Crippen molar-refractivity contribution in [2.75, 3.05) is 20.2 Å². The minimum atomic E-state index is -4.05. The van der Waals surface area contributed by atoms with Crippen LogP contribution >= 0.6 is 0 Å². The Balaban J connectivity index is 1.53. The number of benzene rings is 3. The molecule has 0 N–H and O–H groups in total. The van der Waals surface area contributed by atoms with Crippen LogP contribution in [0.25, 0.3) is 10.9 Å². The molecule has 0 saturated heterocycles.